The second-order valence-corrected chi connectivity index (χ2v) is 4.18. The molecule has 0 amide bonds. The van der Waals surface area contributed by atoms with Gasteiger partial charge in [-0.05, 0) is 47.1 Å². The summed E-state index contributed by atoms with van der Waals surface area (Å²) < 4.78 is 31.8. The zero-order chi connectivity index (χ0) is 12.0. The number of rotatable bonds is 6. The minimum atomic E-state index is -0.452. The number of ether oxygens (including phenoxy) is 1. The number of halogens is 3. The summed E-state index contributed by atoms with van der Waals surface area (Å²) >= 11 is 2.93. The van der Waals surface area contributed by atoms with E-state index >= 15 is 0 Å². The second kappa shape index (κ2) is 6.93. The van der Waals surface area contributed by atoms with Gasteiger partial charge in [0.25, 0.3) is 0 Å². The topological polar surface area (TPSA) is 21.3 Å². The van der Waals surface area contributed by atoms with E-state index in [2.05, 4.69) is 21.2 Å². The normalized spacial score (nSPS) is 10.8. The maximum absolute atomic E-state index is 13.3. The lowest BCUT2D eigenvalue weighted by molar-refractivity contribution is 0.139. The molecule has 0 heterocycles. The fourth-order valence-electron chi connectivity index (χ4n) is 1.21. The highest BCUT2D eigenvalue weighted by atomic mass is 79.9. The molecule has 0 atom stereocenters. The van der Waals surface area contributed by atoms with Gasteiger partial charge in [-0.25, -0.2) is 8.78 Å². The SMILES string of the molecule is CNCCOCCc1cc(F)c(Br)cc1F. The number of hydrogen-bond donors (Lipinski definition) is 1. The quantitative estimate of drug-likeness (QED) is 0.643. The molecule has 2 nitrogen and oxygen atoms in total. The fraction of sp³-hybridized carbons (Fsp3) is 0.455. The van der Waals surface area contributed by atoms with Crippen LogP contribution in [0.4, 0.5) is 8.78 Å². The summed E-state index contributed by atoms with van der Waals surface area (Å²) in [6.07, 6.45) is 0.375. The Morgan fingerprint density at radius 3 is 2.69 bits per heavy atom. The zero-order valence-electron chi connectivity index (χ0n) is 9.03. The standard InChI is InChI=1S/C11H14BrF2NO/c1-15-3-5-16-4-2-8-6-11(14)9(12)7-10(8)13/h6-7,15H,2-5H2,1H3. The molecule has 0 aliphatic carbocycles. The molecule has 1 N–H and O–H groups in total. The first-order chi connectivity index (χ1) is 7.65. The van der Waals surface area contributed by atoms with Gasteiger partial charge in [-0.2, -0.15) is 0 Å². The molecule has 0 fully saturated rings. The number of likely N-dealkylation sites (N-methyl/N-ethyl adjacent to an activating group) is 1. The molecule has 0 bridgehead atoms. The first-order valence-electron chi connectivity index (χ1n) is 5.01. The molecule has 16 heavy (non-hydrogen) atoms. The van der Waals surface area contributed by atoms with Crippen LogP contribution in [0.3, 0.4) is 0 Å². The highest BCUT2D eigenvalue weighted by molar-refractivity contribution is 9.10. The van der Waals surface area contributed by atoms with Gasteiger partial charge in [0.1, 0.15) is 11.6 Å². The fourth-order valence-corrected chi connectivity index (χ4v) is 1.53. The van der Waals surface area contributed by atoms with E-state index in [4.69, 9.17) is 4.74 Å². The molecule has 0 aliphatic rings. The van der Waals surface area contributed by atoms with Crippen molar-refractivity contribution in [3.05, 3.63) is 33.8 Å². The Morgan fingerprint density at radius 1 is 1.25 bits per heavy atom. The smallest absolute Gasteiger partial charge is 0.137 e. The van der Waals surface area contributed by atoms with Gasteiger partial charge in [0.05, 0.1) is 17.7 Å². The summed E-state index contributed by atoms with van der Waals surface area (Å²) in [7, 11) is 1.83. The van der Waals surface area contributed by atoms with Crippen molar-refractivity contribution in [2.45, 2.75) is 6.42 Å². The van der Waals surface area contributed by atoms with Gasteiger partial charge in [0.15, 0.2) is 0 Å². The van der Waals surface area contributed by atoms with Crippen molar-refractivity contribution in [3.8, 4) is 0 Å². The van der Waals surface area contributed by atoms with Gasteiger partial charge in [-0.1, -0.05) is 0 Å². The molecule has 1 rings (SSSR count). The Hall–Kier alpha value is -0.520. The van der Waals surface area contributed by atoms with E-state index in [0.717, 1.165) is 12.6 Å². The first kappa shape index (κ1) is 13.5. The van der Waals surface area contributed by atoms with Gasteiger partial charge in [-0.15, -0.1) is 0 Å². The predicted molar refractivity (Wildman–Crippen MR) is 62.5 cm³/mol. The number of nitrogens with one attached hydrogen (secondary N) is 1. The third kappa shape index (κ3) is 4.15. The Bertz CT molecular complexity index is 347. The van der Waals surface area contributed by atoms with E-state index in [1.165, 1.54) is 6.07 Å². The Morgan fingerprint density at radius 2 is 2.00 bits per heavy atom. The lowest BCUT2D eigenvalue weighted by atomic mass is 10.1. The van der Waals surface area contributed by atoms with Gasteiger partial charge >= 0.3 is 0 Å². The van der Waals surface area contributed by atoms with E-state index in [0.29, 0.717) is 25.2 Å². The van der Waals surface area contributed by atoms with E-state index in [1.54, 1.807) is 0 Å². The van der Waals surface area contributed by atoms with E-state index in [-0.39, 0.29) is 4.47 Å². The van der Waals surface area contributed by atoms with Crippen molar-refractivity contribution in [3.63, 3.8) is 0 Å². The Balaban J connectivity index is 2.45. The minimum Gasteiger partial charge on any atom is -0.380 e. The van der Waals surface area contributed by atoms with Crippen molar-refractivity contribution in [1.82, 2.24) is 5.32 Å². The van der Waals surface area contributed by atoms with Gasteiger partial charge in [-0.3, -0.25) is 0 Å². The molecule has 0 unspecified atom stereocenters. The van der Waals surface area contributed by atoms with Crippen LogP contribution in [-0.2, 0) is 11.2 Å². The molecule has 0 aromatic heterocycles. The monoisotopic (exact) mass is 293 g/mol. The molecule has 0 saturated carbocycles. The highest BCUT2D eigenvalue weighted by Gasteiger charge is 2.07. The largest absolute Gasteiger partial charge is 0.380 e. The summed E-state index contributed by atoms with van der Waals surface area (Å²) in [4.78, 5) is 0. The van der Waals surface area contributed by atoms with Crippen LogP contribution in [0.15, 0.2) is 16.6 Å². The number of hydrogen-bond acceptors (Lipinski definition) is 2. The molecule has 0 radical (unpaired) electrons. The Kier molecular flexibility index (Phi) is 5.87. The Labute approximate surface area is 102 Å². The maximum atomic E-state index is 13.3. The molecular weight excluding hydrogens is 280 g/mol. The van der Waals surface area contributed by atoms with Crippen LogP contribution < -0.4 is 5.32 Å². The van der Waals surface area contributed by atoms with Crippen molar-refractivity contribution in [2.75, 3.05) is 26.8 Å². The van der Waals surface area contributed by atoms with E-state index in [9.17, 15) is 8.78 Å². The molecule has 1 aromatic carbocycles. The summed E-state index contributed by atoms with van der Waals surface area (Å²) in [5, 5.41) is 2.93. The van der Waals surface area contributed by atoms with Gasteiger partial charge < -0.3 is 10.1 Å². The van der Waals surface area contributed by atoms with Gasteiger partial charge in [0.2, 0.25) is 0 Å². The summed E-state index contributed by atoms with van der Waals surface area (Å²) in [6, 6.07) is 2.33. The van der Waals surface area contributed by atoms with Crippen LogP contribution in [0, 0.1) is 11.6 Å². The summed E-state index contributed by atoms with van der Waals surface area (Å²) in [5.74, 6) is -0.864. The van der Waals surface area contributed by atoms with Crippen molar-refractivity contribution in [2.24, 2.45) is 0 Å². The summed E-state index contributed by atoms with van der Waals surface area (Å²) in [6.45, 7) is 1.70. The molecule has 1 aromatic rings. The molecular formula is C11H14BrF2NO. The third-order valence-electron chi connectivity index (χ3n) is 2.10. The average molecular weight is 294 g/mol. The number of benzene rings is 1. The zero-order valence-corrected chi connectivity index (χ0v) is 10.6. The molecule has 0 aliphatic heterocycles. The highest BCUT2D eigenvalue weighted by Crippen LogP contribution is 2.20. The first-order valence-corrected chi connectivity index (χ1v) is 5.80. The minimum absolute atomic E-state index is 0.143. The molecule has 0 saturated heterocycles. The van der Waals surface area contributed by atoms with Gasteiger partial charge in [0, 0.05) is 6.54 Å². The van der Waals surface area contributed by atoms with Crippen molar-refractivity contribution in [1.29, 1.82) is 0 Å². The maximum Gasteiger partial charge on any atom is 0.137 e. The van der Waals surface area contributed by atoms with E-state index < -0.39 is 11.6 Å². The van der Waals surface area contributed by atoms with Crippen molar-refractivity contribution < 1.29 is 13.5 Å². The van der Waals surface area contributed by atoms with Crippen LogP contribution in [-0.4, -0.2) is 26.8 Å². The second-order valence-electron chi connectivity index (χ2n) is 3.32. The van der Waals surface area contributed by atoms with Crippen molar-refractivity contribution >= 4 is 15.9 Å². The average Bonchev–Trinajstić information content (AvgIpc) is 2.25. The predicted octanol–water partition coefficient (Wildman–Crippen LogP) is 2.51. The van der Waals surface area contributed by atoms with Crippen LogP contribution in [0.25, 0.3) is 0 Å². The third-order valence-corrected chi connectivity index (χ3v) is 2.71. The van der Waals surface area contributed by atoms with Crippen LogP contribution in [0.1, 0.15) is 5.56 Å². The van der Waals surface area contributed by atoms with E-state index in [1.807, 2.05) is 7.05 Å². The lowest BCUT2D eigenvalue weighted by Crippen LogP contribution is -2.15. The molecule has 0 spiro atoms. The molecule has 5 heteroatoms. The van der Waals surface area contributed by atoms with Crippen LogP contribution in [0.5, 0.6) is 0 Å². The summed E-state index contributed by atoms with van der Waals surface area (Å²) in [5.41, 5.74) is 0.338. The van der Waals surface area contributed by atoms with Crippen LogP contribution in [0.2, 0.25) is 0 Å². The van der Waals surface area contributed by atoms with Crippen LogP contribution >= 0.6 is 15.9 Å². The lowest BCUT2D eigenvalue weighted by Gasteiger charge is -2.06. The molecule has 90 valence electrons.